The van der Waals surface area contributed by atoms with E-state index in [9.17, 15) is 8.42 Å². The number of nitrogens with zero attached hydrogens (tertiary/aromatic N) is 1. The lowest BCUT2D eigenvalue weighted by Crippen LogP contribution is -2.32. The third-order valence-corrected chi connectivity index (χ3v) is 5.24. The van der Waals surface area contributed by atoms with E-state index in [1.807, 2.05) is 6.92 Å². The molecular formula is C13H19NO3S. The van der Waals surface area contributed by atoms with E-state index in [2.05, 4.69) is 0 Å². The van der Waals surface area contributed by atoms with Crippen molar-refractivity contribution in [2.75, 3.05) is 13.2 Å². The summed E-state index contributed by atoms with van der Waals surface area (Å²) in [4.78, 5) is 0.345. The van der Waals surface area contributed by atoms with Crippen LogP contribution in [-0.2, 0) is 16.4 Å². The molecule has 0 spiro atoms. The van der Waals surface area contributed by atoms with Gasteiger partial charge in [0.05, 0.1) is 4.90 Å². The molecule has 0 aromatic heterocycles. The van der Waals surface area contributed by atoms with E-state index < -0.39 is 10.0 Å². The lowest BCUT2D eigenvalue weighted by atomic mass is 10.2. The Morgan fingerprint density at radius 2 is 1.89 bits per heavy atom. The Morgan fingerprint density at radius 1 is 1.28 bits per heavy atom. The van der Waals surface area contributed by atoms with E-state index >= 15 is 0 Å². The van der Waals surface area contributed by atoms with Gasteiger partial charge in [-0.3, -0.25) is 0 Å². The Labute approximate surface area is 108 Å². The highest BCUT2D eigenvalue weighted by Crippen LogP contribution is 2.31. The summed E-state index contributed by atoms with van der Waals surface area (Å²) < 4.78 is 26.4. The van der Waals surface area contributed by atoms with Crippen molar-refractivity contribution in [3.63, 3.8) is 0 Å². The van der Waals surface area contributed by atoms with Crippen LogP contribution in [-0.4, -0.2) is 37.0 Å². The summed E-state index contributed by atoms with van der Waals surface area (Å²) in [5.41, 5.74) is 0.950. The van der Waals surface area contributed by atoms with E-state index in [0.717, 1.165) is 18.4 Å². The van der Waals surface area contributed by atoms with E-state index in [4.69, 9.17) is 5.11 Å². The maximum absolute atomic E-state index is 12.4. The Balaban J connectivity index is 2.23. The summed E-state index contributed by atoms with van der Waals surface area (Å²) in [5, 5.41) is 8.83. The monoisotopic (exact) mass is 269 g/mol. The molecule has 0 heterocycles. The Hall–Kier alpha value is -0.910. The lowest BCUT2D eigenvalue weighted by molar-refractivity contribution is 0.299. The minimum absolute atomic E-state index is 0.0786. The molecule has 0 bridgehead atoms. The topological polar surface area (TPSA) is 57.6 Å². The zero-order chi connectivity index (χ0) is 13.2. The molecule has 0 saturated heterocycles. The van der Waals surface area contributed by atoms with Gasteiger partial charge >= 0.3 is 0 Å². The molecule has 1 aromatic carbocycles. The summed E-state index contributed by atoms with van der Waals surface area (Å²) in [5.74, 6) is 0. The molecule has 1 fully saturated rings. The molecule has 0 aliphatic heterocycles. The van der Waals surface area contributed by atoms with Crippen LogP contribution in [0.25, 0.3) is 0 Å². The summed E-state index contributed by atoms with van der Waals surface area (Å²) in [6.07, 6.45) is 2.49. The van der Waals surface area contributed by atoms with Crippen LogP contribution < -0.4 is 0 Å². The number of rotatable bonds is 6. The Bertz CT molecular complexity index is 491. The van der Waals surface area contributed by atoms with Crippen molar-refractivity contribution in [2.24, 2.45) is 0 Å². The van der Waals surface area contributed by atoms with Gasteiger partial charge < -0.3 is 5.11 Å². The number of hydrogen-bond donors (Lipinski definition) is 1. The average molecular weight is 269 g/mol. The molecule has 4 nitrogen and oxygen atoms in total. The van der Waals surface area contributed by atoms with Crippen molar-refractivity contribution in [3.8, 4) is 0 Å². The lowest BCUT2D eigenvalue weighted by Gasteiger charge is -2.20. The maximum Gasteiger partial charge on any atom is 0.243 e. The first-order valence-corrected chi connectivity index (χ1v) is 7.75. The minimum atomic E-state index is -3.35. The summed E-state index contributed by atoms with van der Waals surface area (Å²) in [6.45, 7) is 2.47. The molecule has 1 aliphatic carbocycles. The molecule has 18 heavy (non-hydrogen) atoms. The van der Waals surface area contributed by atoms with E-state index in [1.165, 1.54) is 0 Å². The predicted octanol–water partition coefficient (Wildman–Crippen LogP) is 1.39. The van der Waals surface area contributed by atoms with Gasteiger partial charge in [0.2, 0.25) is 10.0 Å². The number of benzene rings is 1. The van der Waals surface area contributed by atoms with Crippen LogP contribution in [0.15, 0.2) is 29.2 Å². The highest BCUT2D eigenvalue weighted by Gasteiger charge is 2.36. The molecule has 0 amide bonds. The van der Waals surface area contributed by atoms with Crippen LogP contribution in [0.4, 0.5) is 0 Å². The molecule has 1 saturated carbocycles. The van der Waals surface area contributed by atoms with Gasteiger partial charge in [0.1, 0.15) is 0 Å². The van der Waals surface area contributed by atoms with Gasteiger partial charge in [-0.2, -0.15) is 4.31 Å². The number of hydrogen-bond acceptors (Lipinski definition) is 3. The molecular weight excluding hydrogens is 250 g/mol. The molecule has 1 aromatic rings. The molecule has 0 unspecified atom stereocenters. The van der Waals surface area contributed by atoms with Crippen LogP contribution in [0.2, 0.25) is 0 Å². The van der Waals surface area contributed by atoms with Crippen LogP contribution >= 0.6 is 0 Å². The standard InChI is InChI=1S/C13H19NO3S/c1-2-14(12-5-6-12)18(16,17)13-7-3-11(4-8-13)9-10-15/h3-4,7-8,12,15H,2,5-6,9-10H2,1H3. The number of sulfonamides is 1. The zero-order valence-electron chi connectivity index (χ0n) is 10.5. The van der Waals surface area contributed by atoms with Crippen molar-refractivity contribution < 1.29 is 13.5 Å². The van der Waals surface area contributed by atoms with Crippen LogP contribution in [0.5, 0.6) is 0 Å². The Kier molecular flexibility index (Phi) is 4.04. The largest absolute Gasteiger partial charge is 0.396 e. The average Bonchev–Trinajstić information content (AvgIpc) is 3.15. The first-order chi connectivity index (χ1) is 8.59. The van der Waals surface area contributed by atoms with E-state index in [-0.39, 0.29) is 12.6 Å². The molecule has 2 rings (SSSR count). The van der Waals surface area contributed by atoms with Gasteiger partial charge in [0.25, 0.3) is 0 Å². The highest BCUT2D eigenvalue weighted by molar-refractivity contribution is 7.89. The summed E-state index contributed by atoms with van der Waals surface area (Å²) in [7, 11) is -3.35. The van der Waals surface area contributed by atoms with Crippen molar-refractivity contribution >= 4 is 10.0 Å². The number of aliphatic hydroxyl groups excluding tert-OH is 1. The second kappa shape index (κ2) is 5.38. The SMILES string of the molecule is CCN(C1CC1)S(=O)(=O)c1ccc(CCO)cc1. The normalized spacial score (nSPS) is 16.2. The molecule has 5 heteroatoms. The fourth-order valence-corrected chi connectivity index (χ4v) is 3.77. The van der Waals surface area contributed by atoms with Crippen molar-refractivity contribution in [3.05, 3.63) is 29.8 Å². The van der Waals surface area contributed by atoms with Crippen molar-refractivity contribution in [2.45, 2.75) is 37.1 Å². The van der Waals surface area contributed by atoms with Crippen molar-refractivity contribution in [1.82, 2.24) is 4.31 Å². The van der Waals surface area contributed by atoms with Crippen LogP contribution in [0, 0.1) is 0 Å². The van der Waals surface area contributed by atoms with Crippen LogP contribution in [0.1, 0.15) is 25.3 Å². The fourth-order valence-electron chi connectivity index (χ4n) is 2.08. The third-order valence-electron chi connectivity index (χ3n) is 3.20. The first-order valence-electron chi connectivity index (χ1n) is 6.31. The van der Waals surface area contributed by atoms with E-state index in [0.29, 0.717) is 17.9 Å². The van der Waals surface area contributed by atoms with Gasteiger partial charge in [-0.1, -0.05) is 19.1 Å². The van der Waals surface area contributed by atoms with Gasteiger partial charge in [-0.15, -0.1) is 0 Å². The quantitative estimate of drug-likeness (QED) is 0.849. The van der Waals surface area contributed by atoms with Gasteiger partial charge in [-0.05, 0) is 37.0 Å². The maximum atomic E-state index is 12.4. The fraction of sp³-hybridized carbons (Fsp3) is 0.538. The van der Waals surface area contributed by atoms with Gasteiger partial charge in [0.15, 0.2) is 0 Å². The minimum Gasteiger partial charge on any atom is -0.396 e. The second-order valence-corrected chi connectivity index (χ2v) is 6.45. The van der Waals surface area contributed by atoms with E-state index in [1.54, 1.807) is 28.6 Å². The molecule has 100 valence electrons. The second-order valence-electron chi connectivity index (χ2n) is 4.56. The highest BCUT2D eigenvalue weighted by atomic mass is 32.2. The molecule has 1 aliphatic rings. The number of aliphatic hydroxyl groups is 1. The first kappa shape index (κ1) is 13.5. The zero-order valence-corrected chi connectivity index (χ0v) is 11.4. The molecule has 1 N–H and O–H groups in total. The summed E-state index contributed by atoms with van der Waals surface area (Å²) >= 11 is 0. The third kappa shape index (κ3) is 2.74. The summed E-state index contributed by atoms with van der Waals surface area (Å²) in [6, 6.07) is 6.99. The predicted molar refractivity (Wildman–Crippen MR) is 69.8 cm³/mol. The van der Waals surface area contributed by atoms with Gasteiger partial charge in [0, 0.05) is 19.2 Å². The van der Waals surface area contributed by atoms with Crippen LogP contribution in [0.3, 0.4) is 0 Å². The molecule has 0 radical (unpaired) electrons. The molecule has 0 atom stereocenters. The van der Waals surface area contributed by atoms with Gasteiger partial charge in [-0.25, -0.2) is 8.42 Å². The van der Waals surface area contributed by atoms with Crippen molar-refractivity contribution in [1.29, 1.82) is 0 Å². The Morgan fingerprint density at radius 3 is 2.33 bits per heavy atom. The smallest absolute Gasteiger partial charge is 0.243 e.